The van der Waals surface area contributed by atoms with Crippen LogP contribution < -0.4 is 0 Å². The summed E-state index contributed by atoms with van der Waals surface area (Å²) in [5, 5.41) is 13.9. The molecule has 144 valence electrons. The number of halogens is 1. The summed E-state index contributed by atoms with van der Waals surface area (Å²) in [6, 6.07) is 8.19. The van der Waals surface area contributed by atoms with Crippen molar-refractivity contribution in [1.82, 2.24) is 24.6 Å². The molecular weight excluding hydrogens is 430 g/mol. The first-order chi connectivity index (χ1) is 13.1. The molecule has 2 aromatic rings. The van der Waals surface area contributed by atoms with Gasteiger partial charge in [-0.15, -0.1) is 5.10 Å². The van der Waals surface area contributed by atoms with Crippen molar-refractivity contribution in [3.63, 3.8) is 0 Å². The molecule has 2 atom stereocenters. The number of piperazine rings is 1. The molecule has 0 saturated carbocycles. The van der Waals surface area contributed by atoms with Crippen LogP contribution in [0, 0.1) is 6.92 Å². The zero-order valence-electron chi connectivity index (χ0n) is 15.1. The van der Waals surface area contributed by atoms with Crippen LogP contribution in [0.15, 0.2) is 33.9 Å². The quantitative estimate of drug-likeness (QED) is 0.742. The summed E-state index contributed by atoms with van der Waals surface area (Å²) in [7, 11) is 0. The van der Waals surface area contributed by atoms with Crippen molar-refractivity contribution in [2.24, 2.45) is 0 Å². The molecule has 1 saturated heterocycles. The smallest absolute Gasteiger partial charge is 0.264 e. The van der Waals surface area contributed by atoms with Crippen molar-refractivity contribution in [3.05, 3.63) is 40.1 Å². The van der Waals surface area contributed by atoms with Gasteiger partial charge in [0, 0.05) is 37.2 Å². The highest BCUT2D eigenvalue weighted by Crippen LogP contribution is 2.41. The Hall–Kier alpha value is -1.26. The maximum Gasteiger partial charge on any atom is 0.264 e. The van der Waals surface area contributed by atoms with Crippen molar-refractivity contribution in [2.45, 2.75) is 23.4 Å². The van der Waals surface area contributed by atoms with E-state index in [1.165, 1.54) is 16.4 Å². The molecule has 2 aliphatic heterocycles. The molecule has 2 aliphatic rings. The number of aryl methyl sites for hydroxylation is 1. The lowest BCUT2D eigenvalue weighted by atomic mass is 10.00. The zero-order chi connectivity index (χ0) is 19.0. The molecule has 2 unspecified atom stereocenters. The van der Waals surface area contributed by atoms with E-state index < -0.39 is 0 Å². The van der Waals surface area contributed by atoms with Gasteiger partial charge in [-0.1, -0.05) is 39.8 Å². The molecule has 9 heteroatoms. The van der Waals surface area contributed by atoms with Crippen LogP contribution in [0.3, 0.4) is 0 Å². The van der Waals surface area contributed by atoms with Crippen molar-refractivity contribution < 1.29 is 9.90 Å². The van der Waals surface area contributed by atoms with Gasteiger partial charge in [-0.05, 0) is 24.6 Å². The second-order valence-electron chi connectivity index (χ2n) is 6.83. The van der Waals surface area contributed by atoms with Crippen molar-refractivity contribution >= 4 is 33.6 Å². The Morgan fingerprint density at radius 1 is 1.26 bits per heavy atom. The molecule has 0 aliphatic carbocycles. The Bertz CT molecular complexity index is 820. The Balaban J connectivity index is 1.60. The first-order valence-electron chi connectivity index (χ1n) is 9.04. The Morgan fingerprint density at radius 2 is 1.96 bits per heavy atom. The van der Waals surface area contributed by atoms with E-state index >= 15 is 0 Å². The minimum Gasteiger partial charge on any atom is -0.395 e. The van der Waals surface area contributed by atoms with Crippen LogP contribution >= 0.6 is 27.7 Å². The lowest BCUT2D eigenvalue weighted by Gasteiger charge is -2.40. The number of aromatic nitrogens is 3. The number of aliphatic hydroxyl groups is 1. The number of hydrogen-bond acceptors (Lipinski definition) is 7. The van der Waals surface area contributed by atoms with E-state index in [1.807, 2.05) is 12.1 Å². The summed E-state index contributed by atoms with van der Waals surface area (Å²) in [4.78, 5) is 22.1. The van der Waals surface area contributed by atoms with Gasteiger partial charge in [-0.3, -0.25) is 14.6 Å². The van der Waals surface area contributed by atoms with E-state index in [4.69, 9.17) is 0 Å². The summed E-state index contributed by atoms with van der Waals surface area (Å²) in [5.74, 6) is 0.628. The van der Waals surface area contributed by atoms with Crippen molar-refractivity contribution in [3.8, 4) is 0 Å². The monoisotopic (exact) mass is 451 g/mol. The molecular formula is C18H22BrN5O2S. The minimum atomic E-state index is -0.258. The SMILES string of the molecule is Cc1nc2n(n1)C(=O)C(C(c1ccc(Br)cc1)N1CCN(CCO)CC1)S2. The van der Waals surface area contributed by atoms with Gasteiger partial charge in [-0.25, -0.2) is 4.98 Å². The second-order valence-corrected chi connectivity index (χ2v) is 8.85. The number of thioether (sulfide) groups is 1. The maximum absolute atomic E-state index is 13.1. The number of fused-ring (bicyclic) bond motifs is 1. The number of hydrogen-bond donors (Lipinski definition) is 1. The third kappa shape index (κ3) is 3.84. The Kier molecular flexibility index (Phi) is 5.65. The maximum atomic E-state index is 13.1. The average molecular weight is 452 g/mol. The largest absolute Gasteiger partial charge is 0.395 e. The predicted octanol–water partition coefficient (Wildman–Crippen LogP) is 1.81. The lowest BCUT2D eigenvalue weighted by molar-refractivity contribution is 0.0688. The van der Waals surface area contributed by atoms with Gasteiger partial charge in [0.05, 0.1) is 12.6 Å². The fourth-order valence-electron chi connectivity index (χ4n) is 3.74. The number of carbonyl (C=O) groups excluding carboxylic acids is 1. The van der Waals surface area contributed by atoms with Crippen LogP contribution in [0.1, 0.15) is 22.2 Å². The minimum absolute atomic E-state index is 0.00121. The van der Waals surface area contributed by atoms with Gasteiger partial charge < -0.3 is 5.11 Å². The number of benzene rings is 1. The van der Waals surface area contributed by atoms with Gasteiger partial charge in [0.25, 0.3) is 5.91 Å². The molecule has 1 fully saturated rings. The fraction of sp³-hybridized carbons (Fsp3) is 0.500. The lowest BCUT2D eigenvalue weighted by Crippen LogP contribution is -2.50. The van der Waals surface area contributed by atoms with Crippen molar-refractivity contribution in [1.29, 1.82) is 0 Å². The van der Waals surface area contributed by atoms with Crippen LogP contribution in [0.25, 0.3) is 0 Å². The van der Waals surface area contributed by atoms with E-state index in [0.29, 0.717) is 17.5 Å². The van der Waals surface area contributed by atoms with Gasteiger partial charge in [0.1, 0.15) is 11.1 Å². The van der Waals surface area contributed by atoms with Crippen LogP contribution in [0.5, 0.6) is 0 Å². The average Bonchev–Trinajstić information content (AvgIpc) is 3.16. The van der Waals surface area contributed by atoms with Gasteiger partial charge in [0.15, 0.2) is 5.16 Å². The molecule has 1 aromatic carbocycles. The summed E-state index contributed by atoms with van der Waals surface area (Å²) in [6.45, 7) is 6.19. The zero-order valence-corrected chi connectivity index (χ0v) is 17.5. The molecule has 0 bridgehead atoms. The van der Waals surface area contributed by atoms with Gasteiger partial charge in [0.2, 0.25) is 0 Å². The third-order valence-electron chi connectivity index (χ3n) is 5.08. The highest BCUT2D eigenvalue weighted by atomic mass is 79.9. The Morgan fingerprint density at radius 3 is 2.59 bits per heavy atom. The van der Waals surface area contributed by atoms with E-state index in [2.05, 4.69) is 47.9 Å². The molecule has 3 heterocycles. The third-order valence-corrected chi connectivity index (χ3v) is 6.80. The molecule has 27 heavy (non-hydrogen) atoms. The second kappa shape index (κ2) is 8.00. The highest BCUT2D eigenvalue weighted by molar-refractivity contribution is 9.10. The summed E-state index contributed by atoms with van der Waals surface area (Å²) >= 11 is 5.01. The Labute approximate surface area is 170 Å². The summed E-state index contributed by atoms with van der Waals surface area (Å²) < 4.78 is 2.48. The summed E-state index contributed by atoms with van der Waals surface area (Å²) in [6.07, 6.45) is 0. The van der Waals surface area contributed by atoms with Crippen LogP contribution in [-0.2, 0) is 0 Å². The molecule has 4 rings (SSSR count). The number of carbonyl (C=O) groups is 1. The van der Waals surface area contributed by atoms with E-state index in [-0.39, 0.29) is 23.8 Å². The van der Waals surface area contributed by atoms with Gasteiger partial charge >= 0.3 is 0 Å². The molecule has 1 N–H and O–H groups in total. The van der Waals surface area contributed by atoms with E-state index in [0.717, 1.165) is 36.2 Å². The van der Waals surface area contributed by atoms with Crippen LogP contribution in [0.4, 0.5) is 0 Å². The molecule has 7 nitrogen and oxygen atoms in total. The molecule has 0 spiro atoms. The summed E-state index contributed by atoms with van der Waals surface area (Å²) in [5.41, 5.74) is 1.13. The normalized spacial score (nSPS) is 22.2. The fourth-order valence-corrected chi connectivity index (χ4v) is 5.31. The van der Waals surface area contributed by atoms with E-state index in [1.54, 1.807) is 6.92 Å². The van der Waals surface area contributed by atoms with Crippen LogP contribution in [-0.4, -0.2) is 80.2 Å². The number of rotatable bonds is 5. The van der Waals surface area contributed by atoms with Crippen molar-refractivity contribution in [2.75, 3.05) is 39.3 Å². The molecule has 0 radical (unpaired) electrons. The highest BCUT2D eigenvalue weighted by Gasteiger charge is 2.43. The first kappa shape index (κ1) is 19.1. The van der Waals surface area contributed by atoms with Crippen LogP contribution in [0.2, 0.25) is 0 Å². The first-order valence-corrected chi connectivity index (χ1v) is 10.7. The van der Waals surface area contributed by atoms with Gasteiger partial charge in [-0.2, -0.15) is 4.68 Å². The predicted molar refractivity (Wildman–Crippen MR) is 107 cm³/mol. The van der Waals surface area contributed by atoms with E-state index in [9.17, 15) is 9.90 Å². The standard InChI is InChI=1S/C18H22BrN5O2S/c1-12-20-18-24(21-12)17(26)16(27-18)15(13-2-4-14(19)5-3-13)23-8-6-22(7-9-23)10-11-25/h2-5,15-16,25H,6-11H2,1H3. The number of β-amino-alcohol motifs (C(OH)–C–C–N with tert-alkyl or cyclic N) is 1. The molecule has 1 aromatic heterocycles. The topological polar surface area (TPSA) is 74.5 Å². The number of nitrogens with zero attached hydrogens (tertiary/aromatic N) is 5. The number of aliphatic hydroxyl groups excluding tert-OH is 1. The molecule has 0 amide bonds.